The molecule has 12 heteroatoms. The number of carbonyl (C=O) groups excluding carboxylic acids is 1. The number of rotatable bonds is 7. The van der Waals surface area contributed by atoms with Crippen LogP contribution in [0, 0.1) is 5.82 Å². The lowest BCUT2D eigenvalue weighted by Crippen LogP contribution is -2.55. The summed E-state index contributed by atoms with van der Waals surface area (Å²) in [7, 11) is 5.05. The molecular weight excluding hydrogens is 563 g/mol. The third kappa shape index (κ3) is 5.83. The Hall–Kier alpha value is -4.35. The fourth-order valence-electron chi connectivity index (χ4n) is 5.05. The molecule has 0 radical (unpaired) electrons. The van der Waals surface area contributed by atoms with E-state index in [-0.39, 0.29) is 22.3 Å². The maximum Gasteiger partial charge on any atom is 0.327 e. The van der Waals surface area contributed by atoms with Crippen molar-refractivity contribution in [2.45, 2.75) is 13.0 Å². The summed E-state index contributed by atoms with van der Waals surface area (Å²) in [6.45, 7) is 4.34. The van der Waals surface area contributed by atoms with E-state index in [1.54, 1.807) is 49.4 Å². The van der Waals surface area contributed by atoms with Crippen LogP contribution in [0.4, 0.5) is 20.6 Å². The van der Waals surface area contributed by atoms with E-state index in [9.17, 15) is 14.0 Å². The van der Waals surface area contributed by atoms with E-state index in [4.69, 9.17) is 26.1 Å². The lowest BCUT2D eigenvalue weighted by Gasteiger charge is -2.38. The Bertz CT molecular complexity index is 1670. The first-order valence-electron chi connectivity index (χ1n) is 13.4. The van der Waals surface area contributed by atoms with Gasteiger partial charge in [0.2, 0.25) is 0 Å². The van der Waals surface area contributed by atoms with Crippen LogP contribution in [0.5, 0.6) is 11.5 Å². The van der Waals surface area contributed by atoms with Crippen molar-refractivity contribution < 1.29 is 18.7 Å². The summed E-state index contributed by atoms with van der Waals surface area (Å²) in [5.41, 5.74) is 0.735. The topological polar surface area (TPSA) is 92.2 Å². The van der Waals surface area contributed by atoms with Gasteiger partial charge in [0.25, 0.3) is 5.56 Å². The van der Waals surface area contributed by atoms with Crippen molar-refractivity contribution in [2.75, 3.05) is 62.7 Å². The summed E-state index contributed by atoms with van der Waals surface area (Å²) in [6, 6.07) is 14.4. The monoisotopic (exact) mass is 594 g/mol. The zero-order valence-electron chi connectivity index (χ0n) is 23.8. The van der Waals surface area contributed by atoms with E-state index < -0.39 is 17.9 Å². The minimum atomic E-state index is -0.827. The lowest BCUT2D eigenvalue weighted by molar-refractivity contribution is 0.253. The number of nitrogens with one attached hydrogen (secondary N) is 1. The van der Waals surface area contributed by atoms with Gasteiger partial charge in [-0.3, -0.25) is 9.69 Å². The minimum absolute atomic E-state index is 0.198. The molecule has 42 heavy (non-hydrogen) atoms. The molecule has 0 spiro atoms. The van der Waals surface area contributed by atoms with Crippen molar-refractivity contribution >= 4 is 39.9 Å². The number of methoxy groups -OCH3 is 2. The third-order valence-electron chi connectivity index (χ3n) is 7.30. The number of hydrogen-bond donors (Lipinski definition) is 1. The number of urea groups is 1. The number of ether oxygens (including phenoxy) is 2. The van der Waals surface area contributed by atoms with Crippen LogP contribution in [-0.2, 0) is 0 Å². The lowest BCUT2D eigenvalue weighted by atomic mass is 10.1. The van der Waals surface area contributed by atoms with Crippen molar-refractivity contribution in [3.63, 3.8) is 0 Å². The van der Waals surface area contributed by atoms with E-state index in [1.807, 2.05) is 12.1 Å². The number of likely N-dealkylation sites (N-methyl/N-ethyl adjacent to an activating group) is 1. The highest BCUT2D eigenvalue weighted by molar-refractivity contribution is 6.30. The van der Waals surface area contributed by atoms with Crippen LogP contribution in [0.2, 0.25) is 5.02 Å². The van der Waals surface area contributed by atoms with Crippen molar-refractivity contribution in [1.29, 1.82) is 0 Å². The maximum atomic E-state index is 14.3. The molecule has 3 aromatic carbocycles. The molecule has 1 fully saturated rings. The van der Waals surface area contributed by atoms with Gasteiger partial charge < -0.3 is 24.7 Å². The van der Waals surface area contributed by atoms with Crippen molar-refractivity contribution in [2.24, 2.45) is 0 Å². The van der Waals surface area contributed by atoms with Crippen molar-refractivity contribution in [3.8, 4) is 11.5 Å². The first-order valence-corrected chi connectivity index (χ1v) is 13.8. The van der Waals surface area contributed by atoms with Gasteiger partial charge in [0.15, 0.2) is 5.82 Å². The van der Waals surface area contributed by atoms with Crippen molar-refractivity contribution in [1.82, 2.24) is 14.6 Å². The molecule has 1 atom stereocenters. The largest absolute Gasteiger partial charge is 0.497 e. The summed E-state index contributed by atoms with van der Waals surface area (Å²) in [4.78, 5) is 36.5. The number of aromatic nitrogens is 2. The Labute approximate surface area is 247 Å². The number of fused-ring (bicyclic) bond motifs is 1. The average molecular weight is 595 g/mol. The highest BCUT2D eigenvalue weighted by atomic mass is 35.5. The van der Waals surface area contributed by atoms with Gasteiger partial charge in [0.05, 0.1) is 36.9 Å². The number of hydrogen-bond acceptors (Lipinski definition) is 7. The standard InChI is InChI=1S/C30H32ClFN6O4/c1-19(28-34-25-17-21(32)8-10-24(25)29(39)38(28)36-14-12-35(2)13-15-36)37(26-11-9-23(41-3)18-27(26)42-4)30(40)33-22-7-5-6-20(31)16-22/h5-11,16-19H,12-15H2,1-4H3,(H,33,40). The van der Waals surface area contributed by atoms with Gasteiger partial charge in [-0.05, 0) is 56.4 Å². The predicted molar refractivity (Wildman–Crippen MR) is 162 cm³/mol. The molecule has 1 aromatic heterocycles. The van der Waals surface area contributed by atoms with Crippen LogP contribution in [0.1, 0.15) is 18.8 Å². The molecule has 1 aliphatic rings. The molecule has 0 saturated carbocycles. The smallest absolute Gasteiger partial charge is 0.327 e. The van der Waals surface area contributed by atoms with Crippen LogP contribution in [-0.4, -0.2) is 68.0 Å². The summed E-state index contributed by atoms with van der Waals surface area (Å²) in [5.74, 6) is 0.648. The number of anilines is 2. The second kappa shape index (κ2) is 12.3. The molecule has 10 nitrogen and oxygen atoms in total. The normalized spacial score (nSPS) is 14.5. The SMILES string of the molecule is COc1ccc(N(C(=O)Nc2cccc(Cl)c2)C(C)c2nc3cc(F)ccc3c(=O)n2N2CCN(C)CC2)c(OC)c1. The zero-order valence-corrected chi connectivity index (χ0v) is 24.6. The van der Waals surface area contributed by atoms with Crippen LogP contribution in [0.3, 0.4) is 0 Å². The second-order valence-electron chi connectivity index (χ2n) is 10.0. The summed E-state index contributed by atoms with van der Waals surface area (Å²) in [5, 5.41) is 5.55. The van der Waals surface area contributed by atoms with Crippen LogP contribution < -0.4 is 30.3 Å². The molecule has 1 unspecified atom stereocenters. The van der Waals surface area contributed by atoms with Gasteiger partial charge in [0.1, 0.15) is 17.3 Å². The molecule has 2 heterocycles. The van der Waals surface area contributed by atoms with E-state index in [0.717, 1.165) is 13.1 Å². The molecule has 1 aliphatic heterocycles. The predicted octanol–water partition coefficient (Wildman–Crippen LogP) is 4.89. The first-order chi connectivity index (χ1) is 20.2. The Morgan fingerprint density at radius 3 is 2.50 bits per heavy atom. The van der Waals surface area contributed by atoms with Crippen LogP contribution in [0.25, 0.3) is 10.9 Å². The van der Waals surface area contributed by atoms with E-state index in [0.29, 0.717) is 41.0 Å². The third-order valence-corrected chi connectivity index (χ3v) is 7.53. The van der Waals surface area contributed by atoms with Crippen LogP contribution in [0.15, 0.2) is 65.5 Å². The highest BCUT2D eigenvalue weighted by Crippen LogP contribution is 2.37. The van der Waals surface area contributed by atoms with E-state index in [2.05, 4.69) is 10.2 Å². The van der Waals surface area contributed by atoms with Gasteiger partial charge in [-0.2, -0.15) is 0 Å². The number of nitrogens with zero attached hydrogens (tertiary/aromatic N) is 5. The minimum Gasteiger partial charge on any atom is -0.497 e. The summed E-state index contributed by atoms with van der Waals surface area (Å²) in [6.07, 6.45) is 0. The van der Waals surface area contributed by atoms with E-state index in [1.165, 1.54) is 42.0 Å². The fourth-order valence-corrected chi connectivity index (χ4v) is 5.24. The number of halogens is 2. The molecule has 2 amide bonds. The van der Waals surface area contributed by atoms with Gasteiger partial charge in [-0.1, -0.05) is 17.7 Å². The number of carbonyl (C=O) groups is 1. The van der Waals surface area contributed by atoms with Gasteiger partial charge >= 0.3 is 6.03 Å². The Morgan fingerprint density at radius 1 is 1.05 bits per heavy atom. The van der Waals surface area contributed by atoms with Gasteiger partial charge in [0, 0.05) is 49.0 Å². The average Bonchev–Trinajstić information content (AvgIpc) is 2.97. The van der Waals surface area contributed by atoms with Gasteiger partial charge in [-0.25, -0.2) is 18.8 Å². The molecule has 1 N–H and O–H groups in total. The van der Waals surface area contributed by atoms with Crippen molar-refractivity contribution in [3.05, 3.63) is 87.7 Å². The Balaban J connectivity index is 1.70. The quantitative estimate of drug-likeness (QED) is 0.326. The summed E-state index contributed by atoms with van der Waals surface area (Å²) < 4.78 is 26.9. The number of amides is 2. The molecule has 220 valence electrons. The first kappa shape index (κ1) is 29.2. The Kier molecular flexibility index (Phi) is 8.51. The number of benzene rings is 3. The van der Waals surface area contributed by atoms with E-state index >= 15 is 0 Å². The molecule has 0 bridgehead atoms. The molecule has 1 saturated heterocycles. The Morgan fingerprint density at radius 2 is 1.81 bits per heavy atom. The van der Waals surface area contributed by atoms with Gasteiger partial charge in [-0.15, -0.1) is 0 Å². The zero-order chi connectivity index (χ0) is 30.0. The maximum absolute atomic E-state index is 14.3. The second-order valence-corrected chi connectivity index (χ2v) is 10.5. The highest BCUT2D eigenvalue weighted by Gasteiger charge is 2.32. The number of piperazine rings is 1. The molecule has 4 aromatic rings. The summed E-state index contributed by atoms with van der Waals surface area (Å²) >= 11 is 6.18. The molecular formula is C30H32ClFN6O4. The molecule has 0 aliphatic carbocycles. The molecule has 5 rings (SSSR count). The van der Waals surface area contributed by atoms with Crippen LogP contribution >= 0.6 is 11.6 Å². The fraction of sp³-hybridized carbons (Fsp3) is 0.300.